The molecular formula is C30H38N4O11S4. The number of carbonyl (C=O) groups excluding carboxylic acids is 2. The van der Waals surface area contributed by atoms with Crippen LogP contribution in [0.5, 0.6) is 11.5 Å². The second-order valence-corrected chi connectivity index (χ2v) is 18.2. The quantitative estimate of drug-likeness (QED) is 0.210. The van der Waals surface area contributed by atoms with Crippen molar-refractivity contribution >= 4 is 59.0 Å². The number of nitrogens with two attached hydrogens (primary N) is 2. The summed E-state index contributed by atoms with van der Waals surface area (Å²) in [4.78, 5) is 27.3. The van der Waals surface area contributed by atoms with Crippen molar-refractivity contribution in [2.24, 2.45) is 10.3 Å². The Bertz CT molecular complexity index is 2030. The van der Waals surface area contributed by atoms with Crippen LogP contribution in [0.4, 0.5) is 10.5 Å². The smallest absolute Gasteiger partial charge is 0.410 e. The molecule has 0 radical (unpaired) electrons. The first-order valence-electron chi connectivity index (χ1n) is 15.1. The highest BCUT2D eigenvalue weighted by atomic mass is 32.3. The van der Waals surface area contributed by atoms with Crippen molar-refractivity contribution in [3.63, 3.8) is 0 Å². The first-order chi connectivity index (χ1) is 22.9. The molecule has 5 N–H and O–H groups in total. The molecule has 1 aliphatic rings. The number of para-hydroxylation sites is 1. The fourth-order valence-electron chi connectivity index (χ4n) is 5.07. The third kappa shape index (κ3) is 8.71. The second kappa shape index (κ2) is 15.0. The van der Waals surface area contributed by atoms with Gasteiger partial charge in [-0.15, -0.1) is 11.3 Å². The molecule has 1 aliphatic heterocycles. The van der Waals surface area contributed by atoms with Crippen LogP contribution in [-0.4, -0.2) is 73.3 Å². The molecule has 1 amide bonds. The molecule has 0 fully saturated rings. The first kappa shape index (κ1) is 38.1. The lowest BCUT2D eigenvalue weighted by molar-refractivity contribution is 0.00895. The highest BCUT2D eigenvalue weighted by Gasteiger charge is 2.43. The topological polar surface area (TPSA) is 232 Å². The van der Waals surface area contributed by atoms with Gasteiger partial charge in [0.2, 0.25) is 20.0 Å². The molecule has 268 valence electrons. The number of rotatable bonds is 13. The van der Waals surface area contributed by atoms with E-state index in [2.05, 4.69) is 5.32 Å². The molecule has 0 bridgehead atoms. The maximum Gasteiger partial charge on any atom is 0.410 e. The van der Waals surface area contributed by atoms with Crippen LogP contribution in [0.2, 0.25) is 0 Å². The van der Waals surface area contributed by atoms with Crippen molar-refractivity contribution in [1.82, 2.24) is 4.90 Å². The molecule has 3 atom stereocenters. The van der Waals surface area contributed by atoms with Crippen molar-refractivity contribution in [2.75, 3.05) is 25.0 Å². The van der Waals surface area contributed by atoms with Crippen LogP contribution in [0, 0.1) is 0 Å². The summed E-state index contributed by atoms with van der Waals surface area (Å²) in [6, 6.07) is 11.1. The van der Waals surface area contributed by atoms with Gasteiger partial charge < -0.3 is 24.4 Å². The van der Waals surface area contributed by atoms with Gasteiger partial charge in [0, 0.05) is 18.7 Å². The number of sulfone groups is 1. The number of ether oxygens (including phenoxy) is 3. The molecule has 49 heavy (non-hydrogen) atoms. The molecule has 15 nitrogen and oxygen atoms in total. The zero-order valence-corrected chi connectivity index (χ0v) is 30.4. The Kier molecular flexibility index (Phi) is 11.7. The number of hydrogen-bond donors (Lipinski definition) is 3. The number of hydrogen-bond acceptors (Lipinski definition) is 13. The molecule has 1 aromatic heterocycles. The van der Waals surface area contributed by atoms with Crippen molar-refractivity contribution in [3.8, 4) is 11.5 Å². The van der Waals surface area contributed by atoms with E-state index in [0.717, 1.165) is 6.07 Å². The van der Waals surface area contributed by atoms with Crippen molar-refractivity contribution < 1.29 is 49.1 Å². The van der Waals surface area contributed by atoms with Crippen molar-refractivity contribution in [3.05, 3.63) is 59.7 Å². The van der Waals surface area contributed by atoms with Crippen molar-refractivity contribution in [2.45, 2.75) is 71.2 Å². The Hall–Kier alpha value is -3.75. The lowest BCUT2D eigenvalue weighted by Gasteiger charge is -2.35. The van der Waals surface area contributed by atoms with Gasteiger partial charge in [-0.05, 0) is 63.9 Å². The van der Waals surface area contributed by atoms with Gasteiger partial charge in [0.15, 0.2) is 15.6 Å². The summed E-state index contributed by atoms with van der Waals surface area (Å²) in [5, 5.41) is 12.9. The van der Waals surface area contributed by atoms with Gasteiger partial charge in [0.1, 0.15) is 31.8 Å². The van der Waals surface area contributed by atoms with Gasteiger partial charge in [0.25, 0.3) is 0 Å². The SMILES string of the molecule is CCCNc1cc(C(=O)OCC(C)OC(=O)N(CC)[C@H]2C[C@H](C)S(=O)(=O)c3sc(S(N)(=O)=O)cc32)cc(S(N)(=O)=O)c1Oc1ccccc1. The summed E-state index contributed by atoms with van der Waals surface area (Å²) in [6.07, 6.45) is -1.22. The fourth-order valence-corrected chi connectivity index (χ4v) is 10.2. The fraction of sp³-hybridized carbons (Fsp3) is 0.400. The third-order valence-electron chi connectivity index (χ3n) is 7.51. The summed E-state index contributed by atoms with van der Waals surface area (Å²) in [5.74, 6) is -0.699. The Morgan fingerprint density at radius 3 is 2.33 bits per heavy atom. The van der Waals surface area contributed by atoms with E-state index in [4.69, 9.17) is 24.5 Å². The van der Waals surface area contributed by atoms with Crippen LogP contribution in [0.25, 0.3) is 0 Å². The molecule has 19 heteroatoms. The zero-order chi connectivity index (χ0) is 36.3. The highest BCUT2D eigenvalue weighted by Crippen LogP contribution is 2.45. The second-order valence-electron chi connectivity index (χ2n) is 11.3. The Morgan fingerprint density at radius 1 is 1.06 bits per heavy atom. The molecular weight excluding hydrogens is 721 g/mol. The Labute approximate surface area is 289 Å². The van der Waals surface area contributed by atoms with E-state index in [1.807, 2.05) is 6.92 Å². The van der Waals surface area contributed by atoms with E-state index in [1.54, 1.807) is 37.3 Å². The van der Waals surface area contributed by atoms with E-state index in [1.165, 1.54) is 30.9 Å². The maximum atomic E-state index is 13.3. The zero-order valence-electron chi connectivity index (χ0n) is 27.1. The van der Waals surface area contributed by atoms with Gasteiger partial charge >= 0.3 is 12.1 Å². The predicted molar refractivity (Wildman–Crippen MR) is 181 cm³/mol. The average molecular weight is 759 g/mol. The maximum absolute atomic E-state index is 13.3. The largest absolute Gasteiger partial charge is 0.458 e. The van der Waals surface area contributed by atoms with Crippen LogP contribution < -0.4 is 20.3 Å². The number of primary sulfonamides is 2. The number of anilines is 1. The molecule has 0 saturated heterocycles. The Balaban J connectivity index is 1.53. The number of amides is 1. The summed E-state index contributed by atoms with van der Waals surface area (Å²) < 4.78 is 91.6. The minimum Gasteiger partial charge on any atom is -0.458 e. The molecule has 3 aromatic rings. The van der Waals surface area contributed by atoms with Crippen molar-refractivity contribution in [1.29, 1.82) is 0 Å². The number of carbonyl (C=O) groups is 2. The molecule has 2 heterocycles. The summed E-state index contributed by atoms with van der Waals surface area (Å²) in [6.45, 7) is 6.52. The van der Waals surface area contributed by atoms with E-state index in [9.17, 15) is 34.8 Å². The van der Waals surface area contributed by atoms with Gasteiger partial charge in [-0.3, -0.25) is 0 Å². The number of benzene rings is 2. The number of sulfonamides is 2. The molecule has 4 rings (SSSR count). The number of fused-ring (bicyclic) bond motifs is 1. The minimum absolute atomic E-state index is 0.0206. The van der Waals surface area contributed by atoms with Gasteiger partial charge in [0.05, 0.1) is 22.5 Å². The number of nitrogens with one attached hydrogen (secondary N) is 1. The molecule has 1 unspecified atom stereocenters. The van der Waals surface area contributed by atoms with Gasteiger partial charge in [-0.1, -0.05) is 25.1 Å². The summed E-state index contributed by atoms with van der Waals surface area (Å²) >= 11 is 0.533. The summed E-state index contributed by atoms with van der Waals surface area (Å²) in [5.41, 5.74) is 0.150. The third-order valence-corrected chi connectivity index (χ3v) is 13.7. The van der Waals surface area contributed by atoms with Gasteiger partial charge in [-0.25, -0.2) is 45.1 Å². The minimum atomic E-state index is -4.39. The van der Waals surface area contributed by atoms with Gasteiger partial charge in [-0.2, -0.15) is 0 Å². The number of esters is 1. The number of nitrogens with zero attached hydrogens (tertiary/aromatic N) is 1. The van der Waals surface area contributed by atoms with E-state index >= 15 is 0 Å². The first-order valence-corrected chi connectivity index (χ1v) is 20.6. The molecule has 0 spiro atoms. The highest BCUT2D eigenvalue weighted by molar-refractivity contribution is 7.95. The van der Waals surface area contributed by atoms with Crippen LogP contribution >= 0.6 is 11.3 Å². The Morgan fingerprint density at radius 2 is 1.73 bits per heavy atom. The standard InChI is InChI=1S/C30H38N4O11S4/c1-5-12-33-23-14-20(15-25(48(31,39)40)27(23)45-21-10-8-7-9-11-21)28(35)43-17-18(3)44-30(36)34(6-2)24-13-19(4)47(37,38)29-22(24)16-26(46-29)49(32,41)42/h7-11,14-16,18-19,24,33H,5-6,12-13,17H2,1-4H3,(H2,31,39,40)(H2,32,41,42)/t18?,19-,24-/m0/s1. The van der Waals surface area contributed by atoms with E-state index in [-0.39, 0.29) is 43.9 Å². The van der Waals surface area contributed by atoms with E-state index < -0.39 is 70.8 Å². The lowest BCUT2D eigenvalue weighted by atomic mass is 10.0. The van der Waals surface area contributed by atoms with Crippen LogP contribution in [0.15, 0.2) is 61.8 Å². The monoisotopic (exact) mass is 758 g/mol. The average Bonchev–Trinajstić information content (AvgIpc) is 3.50. The normalized spacial score (nSPS) is 17.8. The predicted octanol–water partition coefficient (Wildman–Crippen LogP) is 3.97. The molecule has 0 aliphatic carbocycles. The van der Waals surface area contributed by atoms with Crippen LogP contribution in [0.1, 0.15) is 62.5 Å². The van der Waals surface area contributed by atoms with Crippen LogP contribution in [-0.2, 0) is 39.4 Å². The lowest BCUT2D eigenvalue weighted by Crippen LogP contribution is -2.41. The molecule has 0 saturated carbocycles. The molecule has 2 aromatic carbocycles. The number of thiophene rings is 1. The van der Waals surface area contributed by atoms with Crippen LogP contribution in [0.3, 0.4) is 0 Å². The summed E-state index contributed by atoms with van der Waals surface area (Å²) in [7, 11) is -12.5. The van der Waals surface area contributed by atoms with E-state index in [0.29, 0.717) is 30.1 Å².